The van der Waals surface area contributed by atoms with Crippen LogP contribution in [0.5, 0.6) is 0 Å². The molecular weight excluding hydrogens is 440 g/mol. The van der Waals surface area contributed by atoms with Gasteiger partial charge in [0, 0.05) is 28.5 Å². The number of halogens is 1. The fourth-order valence-corrected chi connectivity index (χ4v) is 2.72. The third-order valence-electron chi connectivity index (χ3n) is 3.85. The molecule has 1 aromatic heterocycles. The largest absolute Gasteiger partial charge is 0.447 e. The van der Waals surface area contributed by atoms with Crippen molar-refractivity contribution in [2.45, 2.75) is 0 Å². The summed E-state index contributed by atoms with van der Waals surface area (Å²) in [6.45, 7) is 0.467. The number of H-pyrrole nitrogens is 1. The Morgan fingerprint density at radius 1 is 1.03 bits per heavy atom. The van der Waals surface area contributed by atoms with Crippen molar-refractivity contribution in [3.8, 4) is 11.3 Å². The van der Waals surface area contributed by atoms with E-state index in [0.717, 1.165) is 10.0 Å². The summed E-state index contributed by atoms with van der Waals surface area (Å²) in [4.78, 5) is 24.2. The van der Waals surface area contributed by atoms with Crippen LogP contribution in [0.2, 0.25) is 0 Å². The van der Waals surface area contributed by atoms with Crippen molar-refractivity contribution in [3.63, 3.8) is 0 Å². The van der Waals surface area contributed by atoms with Gasteiger partial charge in [0.2, 0.25) is 0 Å². The highest BCUT2D eigenvalue weighted by molar-refractivity contribution is 9.10. The Labute approximate surface area is 175 Å². The molecule has 150 valence electrons. The molecule has 3 aromatic rings. The molecule has 8 nitrogen and oxygen atoms in total. The van der Waals surface area contributed by atoms with E-state index < -0.39 is 6.09 Å². The van der Waals surface area contributed by atoms with Crippen LogP contribution < -0.4 is 10.6 Å². The number of carbonyl (C=O) groups is 2. The maximum absolute atomic E-state index is 12.5. The lowest BCUT2D eigenvalue weighted by atomic mass is 10.1. The Morgan fingerprint density at radius 3 is 2.48 bits per heavy atom. The number of rotatable bonds is 7. The summed E-state index contributed by atoms with van der Waals surface area (Å²) < 4.78 is 10.7. The number of anilines is 2. The van der Waals surface area contributed by atoms with E-state index in [0.29, 0.717) is 29.4 Å². The predicted octanol–water partition coefficient (Wildman–Crippen LogP) is 4.29. The minimum absolute atomic E-state index is 0.152. The molecule has 0 fully saturated rings. The van der Waals surface area contributed by atoms with Gasteiger partial charge in [-0.05, 0) is 36.4 Å². The lowest BCUT2D eigenvalue weighted by Gasteiger charge is -2.09. The molecular formula is C20H19BrN4O4. The molecule has 3 N–H and O–H groups in total. The highest BCUT2D eigenvalue weighted by atomic mass is 79.9. The van der Waals surface area contributed by atoms with E-state index in [1.165, 1.54) is 7.11 Å². The lowest BCUT2D eigenvalue weighted by Crippen LogP contribution is -2.17. The second kappa shape index (κ2) is 9.85. The molecule has 0 spiro atoms. The third kappa shape index (κ3) is 5.90. The summed E-state index contributed by atoms with van der Waals surface area (Å²) in [6, 6.07) is 16.0. The Hall–Kier alpha value is -3.17. The number of nitrogens with one attached hydrogen (secondary N) is 3. The monoisotopic (exact) mass is 458 g/mol. The number of hydrogen-bond donors (Lipinski definition) is 3. The molecule has 0 atom stereocenters. The molecule has 0 aliphatic heterocycles. The highest BCUT2D eigenvalue weighted by Crippen LogP contribution is 2.21. The molecule has 1 heterocycles. The van der Waals surface area contributed by atoms with E-state index in [1.54, 1.807) is 30.3 Å². The Kier molecular flexibility index (Phi) is 6.99. The van der Waals surface area contributed by atoms with E-state index in [4.69, 9.17) is 9.47 Å². The average Bonchev–Trinajstić information content (AvgIpc) is 3.19. The van der Waals surface area contributed by atoms with Gasteiger partial charge in [0.1, 0.15) is 12.3 Å². The molecule has 0 aliphatic carbocycles. The number of nitrogens with zero attached hydrogens (tertiary/aromatic N) is 1. The number of carbonyl (C=O) groups excluding carboxylic acids is 2. The zero-order valence-electron chi connectivity index (χ0n) is 15.6. The minimum atomic E-state index is -0.599. The van der Waals surface area contributed by atoms with E-state index in [9.17, 15) is 9.59 Å². The summed E-state index contributed by atoms with van der Waals surface area (Å²) in [5.41, 5.74) is 2.88. The van der Waals surface area contributed by atoms with Gasteiger partial charge < -0.3 is 14.8 Å². The minimum Gasteiger partial charge on any atom is -0.447 e. The second-order valence-electron chi connectivity index (χ2n) is 5.96. The molecule has 0 saturated heterocycles. The molecule has 0 unspecified atom stereocenters. The Balaban J connectivity index is 1.62. The smallest absolute Gasteiger partial charge is 0.411 e. The van der Waals surface area contributed by atoms with Crippen LogP contribution in [-0.4, -0.2) is 42.5 Å². The molecule has 0 aliphatic rings. The second-order valence-corrected chi connectivity index (χ2v) is 6.88. The summed E-state index contributed by atoms with van der Waals surface area (Å²) in [5.74, 6) is -0.347. The van der Waals surface area contributed by atoms with Crippen LogP contribution in [0.3, 0.4) is 0 Å². The van der Waals surface area contributed by atoms with Gasteiger partial charge in [-0.1, -0.05) is 34.1 Å². The molecule has 9 heteroatoms. The molecule has 0 bridgehead atoms. The highest BCUT2D eigenvalue weighted by Gasteiger charge is 2.12. The van der Waals surface area contributed by atoms with Gasteiger partial charge >= 0.3 is 6.09 Å². The lowest BCUT2D eigenvalue weighted by molar-refractivity contribution is 0.102. The average molecular weight is 459 g/mol. The van der Waals surface area contributed by atoms with Crippen molar-refractivity contribution in [2.24, 2.45) is 0 Å². The first-order valence-corrected chi connectivity index (χ1v) is 9.50. The van der Waals surface area contributed by atoms with Gasteiger partial charge in [-0.15, -0.1) is 0 Å². The maximum atomic E-state index is 12.5. The van der Waals surface area contributed by atoms with Gasteiger partial charge in [0.05, 0.1) is 12.3 Å². The summed E-state index contributed by atoms with van der Waals surface area (Å²) in [5, 5.41) is 12.3. The van der Waals surface area contributed by atoms with E-state index in [1.807, 2.05) is 24.3 Å². The van der Waals surface area contributed by atoms with Crippen LogP contribution in [0.15, 0.2) is 59.1 Å². The first kappa shape index (κ1) is 20.6. The third-order valence-corrected chi connectivity index (χ3v) is 4.38. The van der Waals surface area contributed by atoms with Gasteiger partial charge in [-0.25, -0.2) is 4.79 Å². The molecule has 0 radical (unpaired) electrons. The van der Waals surface area contributed by atoms with Crippen LogP contribution in [0, 0.1) is 0 Å². The van der Waals surface area contributed by atoms with E-state index in [2.05, 4.69) is 36.8 Å². The normalized spacial score (nSPS) is 10.4. The van der Waals surface area contributed by atoms with Crippen LogP contribution in [0.4, 0.5) is 16.2 Å². The van der Waals surface area contributed by atoms with Gasteiger partial charge in [-0.3, -0.25) is 15.2 Å². The SMILES string of the molecule is COCCOC(=O)Nc1cccc(NC(=O)c2cc(-c3ccc(Br)cc3)n[nH]2)c1. The van der Waals surface area contributed by atoms with E-state index >= 15 is 0 Å². The zero-order chi connectivity index (χ0) is 20.6. The Morgan fingerprint density at radius 2 is 1.76 bits per heavy atom. The van der Waals surface area contributed by atoms with Gasteiger partial charge in [-0.2, -0.15) is 5.10 Å². The number of hydrogen-bond acceptors (Lipinski definition) is 5. The van der Waals surface area contributed by atoms with Crippen LogP contribution >= 0.6 is 15.9 Å². The quantitative estimate of drug-likeness (QED) is 0.458. The van der Waals surface area contributed by atoms with Crippen LogP contribution in [-0.2, 0) is 9.47 Å². The molecule has 3 rings (SSSR count). The van der Waals surface area contributed by atoms with Crippen molar-refractivity contribution in [2.75, 3.05) is 31.0 Å². The predicted molar refractivity (Wildman–Crippen MR) is 113 cm³/mol. The van der Waals surface area contributed by atoms with Crippen molar-refractivity contribution in [3.05, 3.63) is 64.8 Å². The number of amides is 2. The summed E-state index contributed by atoms with van der Waals surface area (Å²) >= 11 is 3.39. The van der Waals surface area contributed by atoms with Crippen molar-refractivity contribution >= 4 is 39.3 Å². The summed E-state index contributed by atoms with van der Waals surface area (Å²) in [6.07, 6.45) is -0.599. The molecule has 0 saturated carbocycles. The number of benzene rings is 2. The summed E-state index contributed by atoms with van der Waals surface area (Å²) in [7, 11) is 1.52. The molecule has 2 aromatic carbocycles. The number of aromatic nitrogens is 2. The van der Waals surface area contributed by atoms with Gasteiger partial charge in [0.25, 0.3) is 5.91 Å². The fraction of sp³-hybridized carbons (Fsp3) is 0.150. The van der Waals surface area contributed by atoms with Crippen LogP contribution in [0.1, 0.15) is 10.5 Å². The van der Waals surface area contributed by atoms with Crippen molar-refractivity contribution < 1.29 is 19.1 Å². The van der Waals surface area contributed by atoms with Crippen molar-refractivity contribution in [1.82, 2.24) is 10.2 Å². The first-order valence-electron chi connectivity index (χ1n) is 8.70. The molecule has 29 heavy (non-hydrogen) atoms. The number of aromatic amines is 1. The van der Waals surface area contributed by atoms with Crippen molar-refractivity contribution in [1.29, 1.82) is 0 Å². The number of methoxy groups -OCH3 is 1. The first-order chi connectivity index (χ1) is 14.0. The maximum Gasteiger partial charge on any atom is 0.411 e. The fourth-order valence-electron chi connectivity index (χ4n) is 2.45. The Bertz CT molecular complexity index is 988. The topological polar surface area (TPSA) is 105 Å². The van der Waals surface area contributed by atoms with Gasteiger partial charge in [0.15, 0.2) is 0 Å². The van der Waals surface area contributed by atoms with E-state index in [-0.39, 0.29) is 12.5 Å². The number of ether oxygens (including phenoxy) is 2. The zero-order valence-corrected chi connectivity index (χ0v) is 17.2. The van der Waals surface area contributed by atoms with Crippen LogP contribution in [0.25, 0.3) is 11.3 Å². The standard InChI is InChI=1S/C20H19BrN4O4/c1-28-9-10-29-20(27)23-16-4-2-3-15(11-16)22-19(26)18-12-17(24-25-18)13-5-7-14(21)8-6-13/h2-8,11-12H,9-10H2,1H3,(H,22,26)(H,23,27)(H,24,25). The molecule has 2 amide bonds.